The third-order valence-electron chi connectivity index (χ3n) is 6.76. The molecule has 2 aromatic rings. The van der Waals surface area contributed by atoms with Gasteiger partial charge in [0.2, 0.25) is 11.8 Å². The molecule has 0 unspecified atom stereocenters. The standard InChI is InChI=1S/C23H21ClN2O3/c1-12-2-7-16(24)11-18(12)25-21(27)13-5-8-17(9-6-13)26-22(28)19-14-3-4-15(10-14)20(19)23(26)29/h2,5-9,11,14-15,19-20H,3-4,10H2,1H3,(H,25,27)/t14-,15-,19-,20+/m1/s1. The number of nitrogens with one attached hydrogen (secondary N) is 1. The fraction of sp³-hybridized carbons (Fsp3) is 0.348. The summed E-state index contributed by atoms with van der Waals surface area (Å²) in [5.74, 6) is 0.0220. The average molecular weight is 409 g/mol. The molecule has 1 N–H and O–H groups in total. The van der Waals surface area contributed by atoms with Gasteiger partial charge in [0.25, 0.3) is 5.91 Å². The van der Waals surface area contributed by atoms with Crippen molar-refractivity contribution < 1.29 is 14.4 Å². The Hall–Kier alpha value is -2.66. The molecule has 6 heteroatoms. The van der Waals surface area contributed by atoms with Crippen LogP contribution in [0.1, 0.15) is 35.2 Å². The first-order chi connectivity index (χ1) is 13.9. The van der Waals surface area contributed by atoms with E-state index in [2.05, 4.69) is 5.32 Å². The summed E-state index contributed by atoms with van der Waals surface area (Å²) in [6, 6.07) is 12.0. The number of halogens is 1. The molecule has 0 spiro atoms. The van der Waals surface area contributed by atoms with Gasteiger partial charge in [-0.1, -0.05) is 17.7 Å². The summed E-state index contributed by atoms with van der Waals surface area (Å²) in [5, 5.41) is 3.40. The predicted octanol–water partition coefficient (Wildman–Crippen LogP) is 4.44. The lowest BCUT2D eigenvalue weighted by Crippen LogP contribution is -2.32. The molecule has 148 valence electrons. The Kier molecular flexibility index (Phi) is 4.24. The number of fused-ring (bicyclic) bond motifs is 5. The molecule has 29 heavy (non-hydrogen) atoms. The zero-order valence-electron chi connectivity index (χ0n) is 16.0. The van der Waals surface area contributed by atoms with Crippen LogP contribution in [-0.4, -0.2) is 17.7 Å². The van der Waals surface area contributed by atoms with E-state index in [1.807, 2.05) is 13.0 Å². The topological polar surface area (TPSA) is 66.5 Å². The van der Waals surface area contributed by atoms with Crippen LogP contribution >= 0.6 is 11.6 Å². The van der Waals surface area contributed by atoms with E-state index in [1.54, 1.807) is 36.4 Å². The maximum atomic E-state index is 12.9. The van der Waals surface area contributed by atoms with Crippen LogP contribution in [0.3, 0.4) is 0 Å². The average Bonchev–Trinajstić information content (AvgIpc) is 3.39. The van der Waals surface area contributed by atoms with E-state index in [4.69, 9.17) is 11.6 Å². The van der Waals surface area contributed by atoms with Crippen molar-refractivity contribution in [1.82, 2.24) is 0 Å². The van der Waals surface area contributed by atoms with Crippen LogP contribution in [0.5, 0.6) is 0 Å². The second-order valence-electron chi connectivity index (χ2n) is 8.36. The van der Waals surface area contributed by atoms with Crippen molar-refractivity contribution in [1.29, 1.82) is 0 Å². The summed E-state index contributed by atoms with van der Waals surface area (Å²) >= 11 is 6.01. The third-order valence-corrected chi connectivity index (χ3v) is 7.00. The molecule has 0 radical (unpaired) electrons. The molecule has 3 fully saturated rings. The molecule has 3 amide bonds. The summed E-state index contributed by atoms with van der Waals surface area (Å²) in [4.78, 5) is 39.8. The van der Waals surface area contributed by atoms with E-state index in [-0.39, 0.29) is 29.6 Å². The molecule has 3 aliphatic rings. The molecule has 2 aromatic carbocycles. The first-order valence-corrected chi connectivity index (χ1v) is 10.4. The Balaban J connectivity index is 1.35. The highest BCUT2D eigenvalue weighted by Crippen LogP contribution is 2.56. The van der Waals surface area contributed by atoms with Crippen LogP contribution in [0, 0.1) is 30.6 Å². The molecule has 2 aliphatic carbocycles. The first-order valence-electron chi connectivity index (χ1n) is 9.99. The van der Waals surface area contributed by atoms with Gasteiger partial charge in [-0.15, -0.1) is 0 Å². The number of hydrogen-bond acceptors (Lipinski definition) is 3. The van der Waals surface area contributed by atoms with E-state index in [0.29, 0.717) is 33.8 Å². The molecule has 2 bridgehead atoms. The number of hydrogen-bond donors (Lipinski definition) is 1. The van der Waals surface area contributed by atoms with Crippen LogP contribution < -0.4 is 10.2 Å². The largest absolute Gasteiger partial charge is 0.322 e. The van der Waals surface area contributed by atoms with Gasteiger partial charge in [0, 0.05) is 16.3 Å². The minimum atomic E-state index is -0.268. The maximum Gasteiger partial charge on any atom is 0.255 e. The van der Waals surface area contributed by atoms with E-state index in [0.717, 1.165) is 24.8 Å². The van der Waals surface area contributed by atoms with Crippen LogP contribution in [0.2, 0.25) is 5.02 Å². The van der Waals surface area contributed by atoms with Crippen LogP contribution in [0.4, 0.5) is 11.4 Å². The Morgan fingerprint density at radius 3 is 2.24 bits per heavy atom. The molecular formula is C23H21ClN2O3. The monoisotopic (exact) mass is 408 g/mol. The summed E-state index contributed by atoms with van der Waals surface area (Å²) in [6.07, 6.45) is 3.13. The number of nitrogens with zero attached hydrogens (tertiary/aromatic N) is 1. The van der Waals surface area contributed by atoms with Crippen molar-refractivity contribution in [2.45, 2.75) is 26.2 Å². The molecule has 2 saturated carbocycles. The van der Waals surface area contributed by atoms with Gasteiger partial charge in [0.1, 0.15) is 0 Å². The summed E-state index contributed by atoms with van der Waals surface area (Å²) in [7, 11) is 0. The van der Waals surface area contributed by atoms with Crippen molar-refractivity contribution >= 4 is 40.7 Å². The van der Waals surface area contributed by atoms with Gasteiger partial charge in [-0.25, -0.2) is 0 Å². The highest BCUT2D eigenvalue weighted by Gasteiger charge is 2.61. The summed E-state index contributed by atoms with van der Waals surface area (Å²) in [6.45, 7) is 1.89. The molecule has 1 aliphatic heterocycles. The SMILES string of the molecule is Cc1ccc(Cl)cc1NC(=O)c1ccc(N2C(=O)[C@@H]3[C@@H]4CC[C@H](C4)[C@@H]3C2=O)cc1. The van der Waals surface area contributed by atoms with E-state index >= 15 is 0 Å². The van der Waals surface area contributed by atoms with Crippen LogP contribution in [0.25, 0.3) is 0 Å². The molecule has 5 rings (SSSR count). The quantitative estimate of drug-likeness (QED) is 0.763. The van der Waals surface area contributed by atoms with Crippen molar-refractivity contribution in [3.05, 3.63) is 58.6 Å². The number of benzene rings is 2. The molecule has 1 heterocycles. The van der Waals surface area contributed by atoms with Gasteiger partial charge in [0.05, 0.1) is 17.5 Å². The normalized spacial score (nSPS) is 27.4. The predicted molar refractivity (Wildman–Crippen MR) is 111 cm³/mol. The lowest BCUT2D eigenvalue weighted by molar-refractivity contribution is -0.123. The lowest BCUT2D eigenvalue weighted by Gasteiger charge is -2.19. The number of anilines is 2. The highest BCUT2D eigenvalue weighted by atomic mass is 35.5. The molecule has 0 aromatic heterocycles. The molecule has 4 atom stereocenters. The minimum absolute atomic E-state index is 0.0704. The van der Waals surface area contributed by atoms with E-state index in [9.17, 15) is 14.4 Å². The van der Waals surface area contributed by atoms with Crippen molar-refractivity contribution in [3.8, 4) is 0 Å². The molecular weight excluding hydrogens is 388 g/mol. The first kappa shape index (κ1) is 18.4. The van der Waals surface area contributed by atoms with Gasteiger partial charge in [0.15, 0.2) is 0 Å². The van der Waals surface area contributed by atoms with E-state index in [1.165, 1.54) is 4.90 Å². The summed E-state index contributed by atoms with van der Waals surface area (Å²) < 4.78 is 0. The Morgan fingerprint density at radius 2 is 1.62 bits per heavy atom. The Labute approximate surface area is 174 Å². The number of amides is 3. The van der Waals surface area contributed by atoms with Crippen molar-refractivity contribution in [2.24, 2.45) is 23.7 Å². The van der Waals surface area contributed by atoms with Gasteiger partial charge in [-0.2, -0.15) is 0 Å². The van der Waals surface area contributed by atoms with Crippen molar-refractivity contribution in [3.63, 3.8) is 0 Å². The Bertz CT molecular complexity index is 1000. The van der Waals surface area contributed by atoms with E-state index < -0.39 is 0 Å². The second kappa shape index (κ2) is 6.70. The number of carbonyl (C=O) groups is 3. The minimum Gasteiger partial charge on any atom is -0.322 e. The molecule has 5 nitrogen and oxygen atoms in total. The zero-order chi connectivity index (χ0) is 20.3. The fourth-order valence-corrected chi connectivity index (χ4v) is 5.52. The van der Waals surface area contributed by atoms with Crippen molar-refractivity contribution in [2.75, 3.05) is 10.2 Å². The fourth-order valence-electron chi connectivity index (χ4n) is 5.35. The molecule has 1 saturated heterocycles. The van der Waals surface area contributed by atoms with Crippen LogP contribution in [0.15, 0.2) is 42.5 Å². The van der Waals surface area contributed by atoms with Crippen LogP contribution in [-0.2, 0) is 9.59 Å². The number of carbonyl (C=O) groups excluding carboxylic acids is 3. The Morgan fingerprint density at radius 1 is 1.00 bits per heavy atom. The number of aryl methyl sites for hydroxylation is 1. The zero-order valence-corrected chi connectivity index (χ0v) is 16.8. The van der Waals surface area contributed by atoms with Gasteiger partial charge in [-0.3, -0.25) is 19.3 Å². The third kappa shape index (κ3) is 2.87. The second-order valence-corrected chi connectivity index (χ2v) is 8.79. The van der Waals surface area contributed by atoms with Gasteiger partial charge in [-0.05, 0) is 80.0 Å². The maximum absolute atomic E-state index is 12.9. The highest BCUT2D eigenvalue weighted by molar-refractivity contribution is 6.31. The number of rotatable bonds is 3. The van der Waals surface area contributed by atoms with Gasteiger partial charge < -0.3 is 5.32 Å². The number of imide groups is 1. The summed E-state index contributed by atoms with van der Waals surface area (Å²) in [5.41, 5.74) is 2.56. The smallest absolute Gasteiger partial charge is 0.255 e. The lowest BCUT2D eigenvalue weighted by atomic mass is 9.81. The van der Waals surface area contributed by atoms with Gasteiger partial charge >= 0.3 is 0 Å².